The molecule has 0 bridgehead atoms. The molecule has 9 heteroatoms. The lowest BCUT2D eigenvalue weighted by Crippen LogP contribution is -2.32. The minimum absolute atomic E-state index is 0.00144. The van der Waals surface area contributed by atoms with Crippen LogP contribution in [-0.2, 0) is 9.59 Å². The van der Waals surface area contributed by atoms with E-state index in [0.29, 0.717) is 24.5 Å². The molecule has 1 heterocycles. The molecule has 0 aliphatic heterocycles. The molecule has 0 atom stereocenters. The van der Waals surface area contributed by atoms with Crippen molar-refractivity contribution < 1.29 is 19.8 Å². The van der Waals surface area contributed by atoms with Crippen LogP contribution in [0.25, 0.3) is 21.8 Å². The van der Waals surface area contributed by atoms with Gasteiger partial charge in [0.2, 0.25) is 11.8 Å². The number of carbonyl (C=O) groups excluding carboxylic acids is 2. The van der Waals surface area contributed by atoms with Gasteiger partial charge in [-0.1, -0.05) is 12.1 Å². The summed E-state index contributed by atoms with van der Waals surface area (Å²) in [4.78, 5) is 32.6. The molecule has 3 aromatic rings. The van der Waals surface area contributed by atoms with Crippen LogP contribution < -0.4 is 10.6 Å². The SMILES string of the molecule is CN(CCO)CC(=O)Nc1ccc2cc3ccc(NC(=O)CN(C)CCO)cc3nc2c1. The standard InChI is InChI=1S/C23H29N5O4/c1-27(7-9-29)14-22(31)24-18-5-3-16-11-17-4-6-19(13-21(17)26-20(16)12-18)25-23(32)15-28(2)8-10-30/h3-6,11-13,29-30H,7-10,14-15H2,1-2H3,(H,24,31)(H,25,32). The van der Waals surface area contributed by atoms with Gasteiger partial charge < -0.3 is 20.8 Å². The number of rotatable bonds is 10. The Morgan fingerprint density at radius 1 is 0.781 bits per heavy atom. The molecular weight excluding hydrogens is 410 g/mol. The molecule has 1 aromatic heterocycles. The summed E-state index contributed by atoms with van der Waals surface area (Å²) in [7, 11) is 3.54. The van der Waals surface area contributed by atoms with Crippen LogP contribution in [0, 0.1) is 0 Å². The van der Waals surface area contributed by atoms with Gasteiger partial charge in [-0.05, 0) is 44.4 Å². The smallest absolute Gasteiger partial charge is 0.238 e. The van der Waals surface area contributed by atoms with E-state index < -0.39 is 0 Å². The number of likely N-dealkylation sites (N-methyl/N-ethyl adjacent to an activating group) is 2. The molecule has 170 valence electrons. The maximum Gasteiger partial charge on any atom is 0.238 e. The Hall–Kier alpha value is -3.11. The van der Waals surface area contributed by atoms with E-state index in [1.54, 1.807) is 23.9 Å². The summed E-state index contributed by atoms with van der Waals surface area (Å²) in [5, 5.41) is 25.5. The monoisotopic (exact) mass is 439 g/mol. The molecule has 0 spiro atoms. The highest BCUT2D eigenvalue weighted by atomic mass is 16.3. The number of nitrogens with one attached hydrogen (secondary N) is 2. The average molecular weight is 440 g/mol. The van der Waals surface area contributed by atoms with Gasteiger partial charge in [-0.25, -0.2) is 4.98 Å². The number of hydrogen-bond donors (Lipinski definition) is 4. The van der Waals surface area contributed by atoms with Crippen LogP contribution in [0.2, 0.25) is 0 Å². The number of hydrogen-bond acceptors (Lipinski definition) is 7. The second-order valence-electron chi connectivity index (χ2n) is 7.82. The first-order valence-corrected chi connectivity index (χ1v) is 10.4. The predicted molar refractivity (Wildman–Crippen MR) is 126 cm³/mol. The molecule has 0 saturated heterocycles. The summed E-state index contributed by atoms with van der Waals surface area (Å²) in [5.74, 6) is -0.338. The van der Waals surface area contributed by atoms with E-state index in [1.807, 2.05) is 42.5 Å². The van der Waals surface area contributed by atoms with Gasteiger partial charge in [-0.3, -0.25) is 19.4 Å². The lowest BCUT2D eigenvalue weighted by Gasteiger charge is -2.15. The highest BCUT2D eigenvalue weighted by molar-refractivity contribution is 5.99. The summed E-state index contributed by atoms with van der Waals surface area (Å²) < 4.78 is 0. The molecule has 4 N–H and O–H groups in total. The minimum Gasteiger partial charge on any atom is -0.395 e. The number of aliphatic hydroxyl groups excluding tert-OH is 2. The van der Waals surface area contributed by atoms with Crippen molar-refractivity contribution in [2.45, 2.75) is 0 Å². The van der Waals surface area contributed by atoms with Crippen molar-refractivity contribution in [3.8, 4) is 0 Å². The molecule has 2 aromatic carbocycles. The lowest BCUT2D eigenvalue weighted by molar-refractivity contribution is -0.117. The largest absolute Gasteiger partial charge is 0.395 e. The number of nitrogens with zero attached hydrogens (tertiary/aromatic N) is 3. The number of benzene rings is 2. The Labute approximate surface area is 186 Å². The molecule has 0 fully saturated rings. The lowest BCUT2D eigenvalue weighted by atomic mass is 10.1. The van der Waals surface area contributed by atoms with Crippen molar-refractivity contribution in [2.75, 3.05) is 64.1 Å². The van der Waals surface area contributed by atoms with Crippen LogP contribution in [0.4, 0.5) is 11.4 Å². The Morgan fingerprint density at radius 3 is 1.62 bits per heavy atom. The third-order valence-corrected chi connectivity index (χ3v) is 4.97. The Balaban J connectivity index is 1.76. The van der Waals surface area contributed by atoms with Crippen molar-refractivity contribution in [3.05, 3.63) is 42.5 Å². The van der Waals surface area contributed by atoms with E-state index in [2.05, 4.69) is 10.6 Å². The highest BCUT2D eigenvalue weighted by Crippen LogP contribution is 2.24. The summed E-state index contributed by atoms with van der Waals surface area (Å²) in [6, 6.07) is 13.1. The van der Waals surface area contributed by atoms with Gasteiger partial charge in [0.1, 0.15) is 0 Å². The second kappa shape index (κ2) is 11.0. The van der Waals surface area contributed by atoms with Crippen LogP contribution in [0.1, 0.15) is 0 Å². The Kier molecular flexibility index (Phi) is 8.07. The Morgan fingerprint density at radius 2 is 1.22 bits per heavy atom. The number of carbonyl (C=O) groups is 2. The number of amides is 2. The van der Waals surface area contributed by atoms with Crippen molar-refractivity contribution in [1.82, 2.24) is 14.8 Å². The molecule has 3 rings (SSSR count). The third kappa shape index (κ3) is 6.44. The number of fused-ring (bicyclic) bond motifs is 2. The normalized spacial score (nSPS) is 11.4. The van der Waals surface area contributed by atoms with Gasteiger partial charge >= 0.3 is 0 Å². The first-order chi connectivity index (χ1) is 15.4. The zero-order chi connectivity index (χ0) is 23.1. The van der Waals surface area contributed by atoms with Crippen molar-refractivity contribution in [2.24, 2.45) is 0 Å². The maximum absolute atomic E-state index is 12.2. The van der Waals surface area contributed by atoms with Gasteiger partial charge in [-0.2, -0.15) is 0 Å². The second-order valence-corrected chi connectivity index (χ2v) is 7.82. The fourth-order valence-electron chi connectivity index (χ4n) is 3.37. The van der Waals surface area contributed by atoms with E-state index in [1.165, 1.54) is 0 Å². The number of aliphatic hydroxyl groups is 2. The van der Waals surface area contributed by atoms with E-state index in [-0.39, 0.29) is 38.1 Å². The van der Waals surface area contributed by atoms with Gasteiger partial charge in [0.15, 0.2) is 0 Å². The van der Waals surface area contributed by atoms with Gasteiger partial charge in [0.25, 0.3) is 0 Å². The molecule has 0 aliphatic carbocycles. The Bertz CT molecular complexity index is 1020. The molecule has 0 saturated carbocycles. The van der Waals surface area contributed by atoms with Crippen molar-refractivity contribution >= 4 is 45.0 Å². The van der Waals surface area contributed by atoms with E-state index in [0.717, 1.165) is 21.8 Å². The summed E-state index contributed by atoms with van der Waals surface area (Å²) in [5.41, 5.74) is 2.74. The molecular formula is C23H29N5O4. The van der Waals surface area contributed by atoms with E-state index in [9.17, 15) is 9.59 Å². The third-order valence-electron chi connectivity index (χ3n) is 4.97. The summed E-state index contributed by atoms with van der Waals surface area (Å²) in [6.07, 6.45) is 0. The highest BCUT2D eigenvalue weighted by Gasteiger charge is 2.10. The van der Waals surface area contributed by atoms with E-state index >= 15 is 0 Å². The predicted octanol–water partition coefficient (Wildman–Crippen LogP) is 1.11. The van der Waals surface area contributed by atoms with Crippen LogP contribution in [0.3, 0.4) is 0 Å². The van der Waals surface area contributed by atoms with Crippen LogP contribution in [-0.4, -0.2) is 90.3 Å². The number of aromatic nitrogens is 1. The quantitative estimate of drug-likeness (QED) is 0.350. The number of pyridine rings is 1. The molecule has 2 amide bonds. The summed E-state index contributed by atoms with van der Waals surface area (Å²) >= 11 is 0. The fraction of sp³-hybridized carbons (Fsp3) is 0.348. The first-order valence-electron chi connectivity index (χ1n) is 10.4. The maximum atomic E-state index is 12.2. The molecule has 32 heavy (non-hydrogen) atoms. The first kappa shape index (κ1) is 23.6. The van der Waals surface area contributed by atoms with Gasteiger partial charge in [0, 0.05) is 35.2 Å². The average Bonchev–Trinajstić information content (AvgIpc) is 2.72. The van der Waals surface area contributed by atoms with Crippen LogP contribution in [0.5, 0.6) is 0 Å². The van der Waals surface area contributed by atoms with Gasteiger partial charge in [-0.15, -0.1) is 0 Å². The number of anilines is 2. The molecule has 0 aliphatic rings. The summed E-state index contributed by atoms with van der Waals surface area (Å²) in [6.45, 7) is 1.21. The zero-order valence-electron chi connectivity index (χ0n) is 18.3. The van der Waals surface area contributed by atoms with Crippen molar-refractivity contribution in [1.29, 1.82) is 0 Å². The van der Waals surface area contributed by atoms with Crippen LogP contribution in [0.15, 0.2) is 42.5 Å². The molecule has 0 unspecified atom stereocenters. The van der Waals surface area contributed by atoms with Crippen molar-refractivity contribution in [3.63, 3.8) is 0 Å². The minimum atomic E-state index is -0.169. The topological polar surface area (TPSA) is 118 Å². The zero-order valence-corrected chi connectivity index (χ0v) is 18.3. The van der Waals surface area contributed by atoms with Crippen LogP contribution >= 0.6 is 0 Å². The van der Waals surface area contributed by atoms with E-state index in [4.69, 9.17) is 15.2 Å². The molecule has 9 nitrogen and oxygen atoms in total. The van der Waals surface area contributed by atoms with Gasteiger partial charge in [0.05, 0.1) is 37.3 Å². The molecule has 0 radical (unpaired) electrons. The fourth-order valence-corrected chi connectivity index (χ4v) is 3.37.